The molecule has 2 rings (SSSR count). The molecule has 102 valence electrons. The SMILES string of the molecule is O=C(O)CN(C(=O)NCc1cccc(Cl)c1)C1CC1. The fraction of sp³-hybridized carbons (Fsp3) is 0.385. The van der Waals surface area contributed by atoms with E-state index in [1.807, 2.05) is 6.07 Å². The molecule has 1 aromatic rings. The third kappa shape index (κ3) is 4.13. The van der Waals surface area contributed by atoms with Gasteiger partial charge in [0.1, 0.15) is 6.54 Å². The van der Waals surface area contributed by atoms with E-state index in [1.54, 1.807) is 18.2 Å². The van der Waals surface area contributed by atoms with Crippen molar-refractivity contribution >= 4 is 23.6 Å². The summed E-state index contributed by atoms with van der Waals surface area (Å²) >= 11 is 5.85. The highest BCUT2D eigenvalue weighted by atomic mass is 35.5. The fourth-order valence-electron chi connectivity index (χ4n) is 1.82. The summed E-state index contributed by atoms with van der Waals surface area (Å²) in [6, 6.07) is 6.90. The summed E-state index contributed by atoms with van der Waals surface area (Å²) in [5.74, 6) is -0.996. The predicted octanol–water partition coefficient (Wildman–Crippen LogP) is 2.10. The van der Waals surface area contributed by atoms with Crippen molar-refractivity contribution in [2.75, 3.05) is 6.54 Å². The topological polar surface area (TPSA) is 69.6 Å². The van der Waals surface area contributed by atoms with Crippen molar-refractivity contribution in [3.8, 4) is 0 Å². The van der Waals surface area contributed by atoms with Gasteiger partial charge in [-0.25, -0.2) is 4.79 Å². The van der Waals surface area contributed by atoms with Crippen molar-refractivity contribution in [2.24, 2.45) is 0 Å². The lowest BCUT2D eigenvalue weighted by Gasteiger charge is -2.20. The maximum Gasteiger partial charge on any atom is 0.323 e. The van der Waals surface area contributed by atoms with E-state index in [1.165, 1.54) is 4.90 Å². The number of rotatable bonds is 5. The van der Waals surface area contributed by atoms with E-state index in [2.05, 4.69) is 5.32 Å². The smallest absolute Gasteiger partial charge is 0.323 e. The Labute approximate surface area is 116 Å². The van der Waals surface area contributed by atoms with Crippen LogP contribution in [-0.2, 0) is 11.3 Å². The summed E-state index contributed by atoms with van der Waals surface area (Å²) in [5.41, 5.74) is 0.881. The largest absolute Gasteiger partial charge is 0.480 e. The van der Waals surface area contributed by atoms with Gasteiger partial charge in [-0.05, 0) is 30.5 Å². The third-order valence-corrected chi connectivity index (χ3v) is 3.12. The van der Waals surface area contributed by atoms with Gasteiger partial charge < -0.3 is 15.3 Å². The van der Waals surface area contributed by atoms with Crippen LogP contribution in [0.4, 0.5) is 4.79 Å². The zero-order chi connectivity index (χ0) is 13.8. The molecule has 0 heterocycles. The number of carboxylic acid groups (broad SMARTS) is 1. The first-order valence-electron chi connectivity index (χ1n) is 6.07. The number of hydrogen-bond acceptors (Lipinski definition) is 2. The summed E-state index contributed by atoms with van der Waals surface area (Å²) in [4.78, 5) is 24.0. The Kier molecular flexibility index (Phi) is 4.27. The molecule has 0 spiro atoms. The number of carbonyl (C=O) groups is 2. The number of aliphatic carboxylic acids is 1. The zero-order valence-corrected chi connectivity index (χ0v) is 11.1. The van der Waals surface area contributed by atoms with Crippen LogP contribution in [0, 0.1) is 0 Å². The van der Waals surface area contributed by atoms with Crippen molar-refractivity contribution < 1.29 is 14.7 Å². The van der Waals surface area contributed by atoms with Crippen LogP contribution >= 0.6 is 11.6 Å². The van der Waals surface area contributed by atoms with Crippen LogP contribution in [0.5, 0.6) is 0 Å². The first-order valence-corrected chi connectivity index (χ1v) is 6.45. The molecule has 1 fully saturated rings. The standard InChI is InChI=1S/C13H15ClN2O3/c14-10-3-1-2-9(6-10)7-15-13(19)16(8-12(17)18)11-4-5-11/h1-3,6,11H,4-5,7-8H2,(H,15,19)(H,17,18). The van der Waals surface area contributed by atoms with Gasteiger partial charge in [0.2, 0.25) is 0 Å². The number of nitrogens with zero attached hydrogens (tertiary/aromatic N) is 1. The van der Waals surface area contributed by atoms with E-state index in [4.69, 9.17) is 16.7 Å². The van der Waals surface area contributed by atoms with Crippen LogP contribution in [0.3, 0.4) is 0 Å². The number of nitrogens with one attached hydrogen (secondary N) is 1. The molecule has 1 aliphatic carbocycles. The highest BCUT2D eigenvalue weighted by Crippen LogP contribution is 2.26. The number of carbonyl (C=O) groups excluding carboxylic acids is 1. The lowest BCUT2D eigenvalue weighted by molar-refractivity contribution is -0.137. The number of carboxylic acids is 1. The number of halogens is 1. The molecule has 1 saturated carbocycles. The Morgan fingerprint density at radius 3 is 2.74 bits per heavy atom. The Morgan fingerprint density at radius 2 is 2.16 bits per heavy atom. The number of hydrogen-bond donors (Lipinski definition) is 2. The molecule has 1 aromatic carbocycles. The van der Waals surface area contributed by atoms with Crippen molar-refractivity contribution in [1.29, 1.82) is 0 Å². The molecule has 0 atom stereocenters. The van der Waals surface area contributed by atoms with Crippen LogP contribution in [0.15, 0.2) is 24.3 Å². The molecule has 2 N–H and O–H groups in total. The monoisotopic (exact) mass is 282 g/mol. The number of benzene rings is 1. The summed E-state index contributed by atoms with van der Waals surface area (Å²) in [6.45, 7) is 0.0777. The molecule has 5 nitrogen and oxygen atoms in total. The van der Waals surface area contributed by atoms with Gasteiger partial charge in [-0.2, -0.15) is 0 Å². The summed E-state index contributed by atoms with van der Waals surface area (Å²) < 4.78 is 0. The van der Waals surface area contributed by atoms with E-state index in [0.29, 0.717) is 11.6 Å². The maximum absolute atomic E-state index is 11.9. The molecular formula is C13H15ClN2O3. The van der Waals surface area contributed by atoms with Gasteiger partial charge in [-0.1, -0.05) is 23.7 Å². The van der Waals surface area contributed by atoms with E-state index >= 15 is 0 Å². The minimum Gasteiger partial charge on any atom is -0.480 e. The highest BCUT2D eigenvalue weighted by molar-refractivity contribution is 6.30. The van der Waals surface area contributed by atoms with Gasteiger partial charge in [0.15, 0.2) is 0 Å². The molecule has 1 aliphatic rings. The maximum atomic E-state index is 11.9. The minimum atomic E-state index is -0.996. The minimum absolute atomic E-state index is 0.0652. The summed E-state index contributed by atoms with van der Waals surface area (Å²) in [5, 5.41) is 12.1. The first-order chi connectivity index (χ1) is 9.06. The van der Waals surface area contributed by atoms with Gasteiger partial charge in [0.05, 0.1) is 0 Å². The molecule has 0 unspecified atom stereocenters. The molecule has 0 saturated heterocycles. The Bertz CT molecular complexity index is 489. The first kappa shape index (κ1) is 13.7. The number of urea groups is 1. The van der Waals surface area contributed by atoms with Crippen LogP contribution in [0.25, 0.3) is 0 Å². The second-order valence-corrected chi connectivity index (χ2v) is 4.98. The molecule has 2 amide bonds. The molecule has 0 aromatic heterocycles. The Morgan fingerprint density at radius 1 is 1.42 bits per heavy atom. The quantitative estimate of drug-likeness (QED) is 0.869. The highest BCUT2D eigenvalue weighted by Gasteiger charge is 2.33. The van der Waals surface area contributed by atoms with Crippen molar-refractivity contribution in [2.45, 2.75) is 25.4 Å². The van der Waals surface area contributed by atoms with Crippen LogP contribution in [-0.4, -0.2) is 34.6 Å². The van der Waals surface area contributed by atoms with Gasteiger partial charge in [-0.3, -0.25) is 4.79 Å². The zero-order valence-electron chi connectivity index (χ0n) is 10.3. The third-order valence-electron chi connectivity index (χ3n) is 2.89. The molecular weight excluding hydrogens is 268 g/mol. The van der Waals surface area contributed by atoms with Gasteiger partial charge in [0, 0.05) is 17.6 Å². The normalized spacial score (nSPS) is 13.9. The molecule has 0 aliphatic heterocycles. The molecule has 0 radical (unpaired) electrons. The average Bonchev–Trinajstić information content (AvgIpc) is 3.17. The molecule has 0 bridgehead atoms. The van der Waals surface area contributed by atoms with E-state index in [9.17, 15) is 9.59 Å². The van der Waals surface area contributed by atoms with Crippen molar-refractivity contribution in [3.05, 3.63) is 34.9 Å². The fourth-order valence-corrected chi connectivity index (χ4v) is 2.04. The van der Waals surface area contributed by atoms with Gasteiger partial charge in [0.25, 0.3) is 0 Å². The van der Waals surface area contributed by atoms with Gasteiger partial charge in [-0.15, -0.1) is 0 Å². The second kappa shape index (κ2) is 5.93. The van der Waals surface area contributed by atoms with Crippen LogP contribution in [0.1, 0.15) is 18.4 Å². The summed E-state index contributed by atoms with van der Waals surface area (Å²) in [6.07, 6.45) is 1.75. The van der Waals surface area contributed by atoms with Crippen molar-refractivity contribution in [1.82, 2.24) is 10.2 Å². The molecule has 6 heteroatoms. The van der Waals surface area contributed by atoms with E-state index in [0.717, 1.165) is 18.4 Å². The lowest BCUT2D eigenvalue weighted by atomic mass is 10.2. The lowest BCUT2D eigenvalue weighted by Crippen LogP contribution is -2.43. The van der Waals surface area contributed by atoms with E-state index in [-0.39, 0.29) is 18.6 Å². The second-order valence-electron chi connectivity index (χ2n) is 4.54. The molecule has 19 heavy (non-hydrogen) atoms. The van der Waals surface area contributed by atoms with Gasteiger partial charge >= 0.3 is 12.0 Å². The van der Waals surface area contributed by atoms with E-state index < -0.39 is 5.97 Å². The number of amides is 2. The summed E-state index contributed by atoms with van der Waals surface area (Å²) in [7, 11) is 0. The predicted molar refractivity (Wildman–Crippen MR) is 71.1 cm³/mol. The Hall–Kier alpha value is -1.75. The average molecular weight is 283 g/mol. The Balaban J connectivity index is 1.90. The van der Waals surface area contributed by atoms with Crippen molar-refractivity contribution in [3.63, 3.8) is 0 Å². The van der Waals surface area contributed by atoms with Crippen LogP contribution < -0.4 is 5.32 Å². The van der Waals surface area contributed by atoms with Crippen LogP contribution in [0.2, 0.25) is 5.02 Å².